The van der Waals surface area contributed by atoms with Crippen molar-refractivity contribution in [3.8, 4) is 0 Å². The summed E-state index contributed by atoms with van der Waals surface area (Å²) in [5, 5.41) is 19.3. The Morgan fingerprint density at radius 1 is 1.20 bits per heavy atom. The predicted molar refractivity (Wildman–Crippen MR) is 65.4 cm³/mol. The molecule has 0 aliphatic carbocycles. The smallest absolute Gasteiger partial charge is 0.106 e. The second kappa shape index (κ2) is 5.54. The zero-order valence-electron chi connectivity index (χ0n) is 9.09. The molecule has 0 aromatic heterocycles. The van der Waals surface area contributed by atoms with E-state index in [1.165, 1.54) is 0 Å². The molecule has 0 aliphatic heterocycles. The van der Waals surface area contributed by atoms with Crippen LogP contribution in [0.5, 0.6) is 0 Å². The van der Waals surface area contributed by atoms with Crippen molar-refractivity contribution in [1.29, 1.82) is 0 Å². The zero-order chi connectivity index (χ0) is 11.4. The number of rotatable bonds is 4. The average Bonchev–Trinajstić information content (AvgIpc) is 2.27. The quantitative estimate of drug-likeness (QED) is 0.688. The van der Waals surface area contributed by atoms with Gasteiger partial charge in [-0.05, 0) is 17.0 Å². The fourth-order valence-corrected chi connectivity index (χ4v) is 1.62. The van der Waals surface area contributed by atoms with E-state index >= 15 is 0 Å². The number of aliphatic hydroxyl groups is 2. The minimum Gasteiger partial charge on any atom is -0.389 e. The van der Waals surface area contributed by atoms with Crippen LogP contribution in [0.25, 0.3) is 0 Å². The summed E-state index contributed by atoms with van der Waals surface area (Å²) in [7, 11) is 0. The van der Waals surface area contributed by atoms with E-state index in [1.54, 1.807) is 0 Å². The van der Waals surface area contributed by atoms with E-state index in [2.05, 4.69) is 26.5 Å². The second-order valence-electron chi connectivity index (χ2n) is 4.02. The summed E-state index contributed by atoms with van der Waals surface area (Å²) in [5.41, 5.74) is 1.92. The maximum Gasteiger partial charge on any atom is 0.106 e. The molecule has 0 bridgehead atoms. The van der Waals surface area contributed by atoms with E-state index in [1.807, 2.05) is 24.3 Å². The SMILES string of the molecule is CC(C)c1cccc(C(O)C(O)CS)c1. The van der Waals surface area contributed by atoms with Gasteiger partial charge in [0.1, 0.15) is 6.10 Å². The van der Waals surface area contributed by atoms with Gasteiger partial charge in [0.15, 0.2) is 0 Å². The van der Waals surface area contributed by atoms with E-state index in [4.69, 9.17) is 0 Å². The highest BCUT2D eigenvalue weighted by Crippen LogP contribution is 2.22. The Morgan fingerprint density at radius 3 is 2.33 bits per heavy atom. The van der Waals surface area contributed by atoms with Gasteiger partial charge in [-0.15, -0.1) is 0 Å². The third-order valence-corrected chi connectivity index (χ3v) is 2.84. The molecule has 0 radical (unpaired) electrons. The molecule has 2 nitrogen and oxygen atoms in total. The monoisotopic (exact) mass is 226 g/mol. The number of thiol groups is 1. The molecule has 84 valence electrons. The number of aliphatic hydroxyl groups excluding tert-OH is 2. The Morgan fingerprint density at radius 2 is 1.80 bits per heavy atom. The van der Waals surface area contributed by atoms with Crippen LogP contribution in [-0.4, -0.2) is 22.1 Å². The van der Waals surface area contributed by atoms with E-state index in [0.717, 1.165) is 11.1 Å². The lowest BCUT2D eigenvalue weighted by Gasteiger charge is -2.17. The first-order valence-electron chi connectivity index (χ1n) is 5.13. The van der Waals surface area contributed by atoms with Crippen LogP contribution in [0, 0.1) is 0 Å². The fourth-order valence-electron chi connectivity index (χ4n) is 1.42. The second-order valence-corrected chi connectivity index (χ2v) is 4.38. The van der Waals surface area contributed by atoms with Gasteiger partial charge >= 0.3 is 0 Å². The topological polar surface area (TPSA) is 40.5 Å². The summed E-state index contributed by atoms with van der Waals surface area (Å²) in [5.74, 6) is 0.679. The Bertz CT molecular complexity index is 312. The van der Waals surface area contributed by atoms with Crippen LogP contribution in [0.3, 0.4) is 0 Å². The van der Waals surface area contributed by atoms with Crippen LogP contribution in [0.1, 0.15) is 37.0 Å². The lowest BCUT2D eigenvalue weighted by molar-refractivity contribution is 0.0337. The largest absolute Gasteiger partial charge is 0.389 e. The molecular weight excluding hydrogens is 208 g/mol. The lowest BCUT2D eigenvalue weighted by Crippen LogP contribution is -2.19. The summed E-state index contributed by atoms with van der Waals surface area (Å²) in [4.78, 5) is 0. The molecule has 2 N–H and O–H groups in total. The molecule has 3 heteroatoms. The van der Waals surface area contributed by atoms with Crippen LogP contribution in [0.2, 0.25) is 0 Å². The maximum atomic E-state index is 9.80. The van der Waals surface area contributed by atoms with Gasteiger partial charge in [0.2, 0.25) is 0 Å². The van der Waals surface area contributed by atoms with Crippen molar-refractivity contribution >= 4 is 12.6 Å². The minimum absolute atomic E-state index is 0.257. The van der Waals surface area contributed by atoms with E-state index in [0.29, 0.717) is 5.92 Å². The molecule has 2 unspecified atom stereocenters. The average molecular weight is 226 g/mol. The van der Waals surface area contributed by atoms with Gasteiger partial charge in [-0.1, -0.05) is 38.1 Å². The maximum absolute atomic E-state index is 9.80. The summed E-state index contributed by atoms with van der Waals surface area (Å²) >= 11 is 3.96. The van der Waals surface area contributed by atoms with Crippen molar-refractivity contribution in [2.75, 3.05) is 5.75 Å². The Labute approximate surface area is 96.4 Å². The van der Waals surface area contributed by atoms with Crippen molar-refractivity contribution in [3.63, 3.8) is 0 Å². The van der Waals surface area contributed by atoms with Gasteiger partial charge in [0, 0.05) is 5.75 Å². The highest BCUT2D eigenvalue weighted by atomic mass is 32.1. The molecule has 15 heavy (non-hydrogen) atoms. The third-order valence-electron chi connectivity index (χ3n) is 2.47. The summed E-state index contributed by atoms with van der Waals surface area (Å²) in [6, 6.07) is 7.68. The molecule has 0 heterocycles. The molecule has 1 aromatic rings. The van der Waals surface area contributed by atoms with E-state index in [9.17, 15) is 10.2 Å². The van der Waals surface area contributed by atoms with Gasteiger partial charge < -0.3 is 10.2 Å². The molecule has 0 spiro atoms. The lowest BCUT2D eigenvalue weighted by atomic mass is 9.97. The fraction of sp³-hybridized carbons (Fsp3) is 0.500. The summed E-state index contributed by atoms with van der Waals surface area (Å²) < 4.78 is 0. The summed E-state index contributed by atoms with van der Waals surface area (Å²) in [6.07, 6.45) is -1.66. The van der Waals surface area contributed by atoms with E-state index < -0.39 is 12.2 Å². The first kappa shape index (κ1) is 12.6. The first-order chi connectivity index (χ1) is 7.06. The molecule has 1 rings (SSSR count). The standard InChI is InChI=1S/C12H18O2S/c1-8(2)9-4-3-5-10(6-9)12(14)11(13)7-15/h3-6,8,11-15H,7H2,1-2H3. The van der Waals surface area contributed by atoms with Crippen LogP contribution >= 0.6 is 12.6 Å². The molecule has 1 aromatic carbocycles. The Hall–Kier alpha value is -0.510. The predicted octanol–water partition coefficient (Wildman–Crippen LogP) is 2.13. The molecule has 0 saturated carbocycles. The van der Waals surface area contributed by atoms with Gasteiger partial charge in [-0.2, -0.15) is 12.6 Å². The molecule has 0 amide bonds. The third kappa shape index (κ3) is 3.23. The van der Waals surface area contributed by atoms with Gasteiger partial charge in [0.05, 0.1) is 6.10 Å². The van der Waals surface area contributed by atoms with Crippen molar-refractivity contribution in [2.45, 2.75) is 32.0 Å². The van der Waals surface area contributed by atoms with Gasteiger partial charge in [0.25, 0.3) is 0 Å². The van der Waals surface area contributed by atoms with Crippen molar-refractivity contribution in [1.82, 2.24) is 0 Å². The van der Waals surface area contributed by atoms with Crippen LogP contribution < -0.4 is 0 Å². The van der Waals surface area contributed by atoms with Gasteiger partial charge in [-0.3, -0.25) is 0 Å². The normalized spacial score (nSPS) is 15.3. The summed E-state index contributed by atoms with van der Waals surface area (Å²) in [6.45, 7) is 4.20. The number of hydrogen-bond acceptors (Lipinski definition) is 3. The van der Waals surface area contributed by atoms with Crippen molar-refractivity contribution in [3.05, 3.63) is 35.4 Å². The Balaban J connectivity index is 2.90. The van der Waals surface area contributed by atoms with Crippen LogP contribution in [0.4, 0.5) is 0 Å². The van der Waals surface area contributed by atoms with Crippen LogP contribution in [0.15, 0.2) is 24.3 Å². The van der Waals surface area contributed by atoms with Crippen LogP contribution in [-0.2, 0) is 0 Å². The molecule has 0 fully saturated rings. The molecule has 0 aliphatic rings. The van der Waals surface area contributed by atoms with Crippen molar-refractivity contribution in [2.24, 2.45) is 0 Å². The number of hydrogen-bond donors (Lipinski definition) is 3. The van der Waals surface area contributed by atoms with Gasteiger partial charge in [-0.25, -0.2) is 0 Å². The minimum atomic E-state index is -0.846. The van der Waals surface area contributed by atoms with E-state index in [-0.39, 0.29) is 5.75 Å². The molecular formula is C12H18O2S. The highest BCUT2D eigenvalue weighted by molar-refractivity contribution is 7.80. The number of benzene rings is 1. The zero-order valence-corrected chi connectivity index (χ0v) is 9.98. The molecule has 0 saturated heterocycles. The highest BCUT2D eigenvalue weighted by Gasteiger charge is 2.17. The van der Waals surface area contributed by atoms with Crippen molar-refractivity contribution < 1.29 is 10.2 Å². The Kier molecular flexibility index (Phi) is 4.64. The first-order valence-corrected chi connectivity index (χ1v) is 5.76. The molecule has 2 atom stereocenters.